The van der Waals surface area contributed by atoms with Crippen molar-refractivity contribution in [2.75, 3.05) is 13.2 Å². The third-order valence-electron chi connectivity index (χ3n) is 5.28. The van der Waals surface area contributed by atoms with Crippen molar-refractivity contribution in [2.24, 2.45) is 0 Å². The van der Waals surface area contributed by atoms with Crippen molar-refractivity contribution in [1.29, 1.82) is 0 Å². The second kappa shape index (κ2) is 9.24. The van der Waals surface area contributed by atoms with Crippen molar-refractivity contribution in [3.05, 3.63) is 100 Å². The lowest BCUT2D eigenvalue weighted by Gasteiger charge is -2.28. The first-order chi connectivity index (χ1) is 15.3. The molecule has 6 nitrogen and oxygen atoms in total. The highest BCUT2D eigenvalue weighted by Gasteiger charge is 2.28. The minimum absolute atomic E-state index is 0.00694. The number of halogens is 1. The molecule has 0 aliphatic carbocycles. The Labute approximate surface area is 191 Å². The van der Waals surface area contributed by atoms with Crippen LogP contribution >= 0.6 is 11.6 Å². The fraction of sp³-hybridized carbons (Fsp3) is 0.167. The molecule has 0 saturated heterocycles. The SMILES string of the molecule is O=C(COC(=O)c1cccc(S(=O)(=O)N2CCc3ccccc3C2)c1)c1cccc(Cl)c1. The van der Waals surface area contributed by atoms with Gasteiger partial charge in [0.15, 0.2) is 12.4 Å². The third-order valence-corrected chi connectivity index (χ3v) is 7.36. The standard InChI is InChI=1S/C24H20ClNO5S/c25-21-9-3-7-18(13-21)23(27)16-31-24(28)19-8-4-10-22(14-19)32(29,30)26-12-11-17-5-1-2-6-20(17)15-26/h1-10,13-14H,11-12,15-16H2. The van der Waals surface area contributed by atoms with E-state index >= 15 is 0 Å². The van der Waals surface area contributed by atoms with E-state index < -0.39 is 28.4 Å². The van der Waals surface area contributed by atoms with Gasteiger partial charge in [-0.2, -0.15) is 4.31 Å². The van der Waals surface area contributed by atoms with E-state index in [1.165, 1.54) is 34.6 Å². The zero-order valence-corrected chi connectivity index (χ0v) is 18.6. The van der Waals surface area contributed by atoms with Gasteiger partial charge in [0.2, 0.25) is 10.0 Å². The van der Waals surface area contributed by atoms with Crippen LogP contribution in [0.2, 0.25) is 5.02 Å². The van der Waals surface area contributed by atoms with Crippen LogP contribution in [0.3, 0.4) is 0 Å². The Balaban J connectivity index is 1.47. The van der Waals surface area contributed by atoms with Gasteiger partial charge < -0.3 is 4.74 Å². The predicted octanol–water partition coefficient (Wildman–Crippen LogP) is 4.13. The number of sulfonamides is 1. The van der Waals surface area contributed by atoms with Crippen LogP contribution < -0.4 is 0 Å². The Hall–Kier alpha value is -3.00. The molecule has 3 aromatic carbocycles. The first kappa shape index (κ1) is 22.2. The summed E-state index contributed by atoms with van der Waals surface area (Å²) < 4.78 is 32.8. The molecule has 0 saturated carbocycles. The van der Waals surface area contributed by atoms with Crippen molar-refractivity contribution in [3.63, 3.8) is 0 Å². The maximum Gasteiger partial charge on any atom is 0.338 e. The second-order valence-corrected chi connectivity index (χ2v) is 9.77. The van der Waals surface area contributed by atoms with Crippen LogP contribution in [0.15, 0.2) is 77.7 Å². The lowest BCUT2D eigenvalue weighted by atomic mass is 10.0. The van der Waals surface area contributed by atoms with E-state index in [-0.39, 0.29) is 17.0 Å². The largest absolute Gasteiger partial charge is 0.454 e. The molecular weight excluding hydrogens is 450 g/mol. The summed E-state index contributed by atoms with van der Waals surface area (Å²) in [4.78, 5) is 24.7. The summed E-state index contributed by atoms with van der Waals surface area (Å²) in [6, 6.07) is 19.7. The predicted molar refractivity (Wildman–Crippen MR) is 120 cm³/mol. The molecular formula is C24H20ClNO5S. The number of carbonyl (C=O) groups is 2. The van der Waals surface area contributed by atoms with Crippen molar-refractivity contribution in [3.8, 4) is 0 Å². The number of fused-ring (bicyclic) bond motifs is 1. The van der Waals surface area contributed by atoms with Gasteiger partial charge in [0.25, 0.3) is 0 Å². The monoisotopic (exact) mass is 469 g/mol. The van der Waals surface area contributed by atoms with Crippen LogP contribution in [0.4, 0.5) is 0 Å². The molecule has 0 N–H and O–H groups in total. The molecule has 0 spiro atoms. The molecule has 0 unspecified atom stereocenters. The number of nitrogens with zero attached hydrogens (tertiary/aromatic N) is 1. The fourth-order valence-electron chi connectivity index (χ4n) is 3.57. The van der Waals surface area contributed by atoms with Crippen molar-refractivity contribution in [1.82, 2.24) is 4.31 Å². The summed E-state index contributed by atoms with van der Waals surface area (Å²) in [5, 5.41) is 0.403. The third kappa shape index (κ3) is 4.75. The summed E-state index contributed by atoms with van der Waals surface area (Å²) in [5.41, 5.74) is 2.49. The maximum atomic E-state index is 13.2. The number of ether oxygens (including phenoxy) is 1. The van der Waals surface area contributed by atoms with Crippen molar-refractivity contribution >= 4 is 33.4 Å². The van der Waals surface area contributed by atoms with E-state index in [1.54, 1.807) is 18.2 Å². The number of benzene rings is 3. The zero-order chi connectivity index (χ0) is 22.7. The minimum Gasteiger partial charge on any atom is -0.454 e. The molecule has 0 radical (unpaired) electrons. The number of hydrogen-bond donors (Lipinski definition) is 0. The van der Waals surface area contributed by atoms with Gasteiger partial charge in [0.05, 0.1) is 10.5 Å². The Bertz CT molecular complexity index is 1290. The number of carbonyl (C=O) groups excluding carboxylic acids is 2. The number of esters is 1. The van der Waals surface area contributed by atoms with E-state index in [0.29, 0.717) is 23.6 Å². The normalized spacial score (nSPS) is 13.9. The van der Waals surface area contributed by atoms with Gasteiger partial charge in [0.1, 0.15) is 0 Å². The summed E-state index contributed by atoms with van der Waals surface area (Å²) in [7, 11) is -3.80. The van der Waals surface area contributed by atoms with Crippen LogP contribution in [-0.2, 0) is 27.7 Å². The van der Waals surface area contributed by atoms with E-state index in [9.17, 15) is 18.0 Å². The number of hydrogen-bond acceptors (Lipinski definition) is 5. The molecule has 164 valence electrons. The van der Waals surface area contributed by atoms with Crippen LogP contribution in [0, 0.1) is 0 Å². The Morgan fingerprint density at radius 2 is 1.62 bits per heavy atom. The Morgan fingerprint density at radius 1 is 0.906 bits per heavy atom. The first-order valence-electron chi connectivity index (χ1n) is 9.97. The average Bonchev–Trinajstić information content (AvgIpc) is 2.82. The highest BCUT2D eigenvalue weighted by atomic mass is 35.5. The molecule has 1 aliphatic heterocycles. The summed E-state index contributed by atoms with van der Waals surface area (Å²) in [6.07, 6.45) is 0.628. The van der Waals surface area contributed by atoms with Crippen LogP contribution in [0.1, 0.15) is 31.8 Å². The second-order valence-electron chi connectivity index (χ2n) is 7.39. The number of Topliss-reactive ketones (excluding diaryl/α,β-unsaturated/α-hetero) is 1. The highest BCUT2D eigenvalue weighted by Crippen LogP contribution is 2.25. The Morgan fingerprint density at radius 3 is 2.41 bits per heavy atom. The van der Waals surface area contributed by atoms with Gasteiger partial charge in [-0.05, 0) is 47.9 Å². The van der Waals surface area contributed by atoms with E-state index in [0.717, 1.165) is 11.1 Å². The minimum atomic E-state index is -3.80. The topological polar surface area (TPSA) is 80.8 Å². The average molecular weight is 470 g/mol. The Kier molecular flexibility index (Phi) is 6.41. The van der Waals surface area contributed by atoms with Crippen LogP contribution in [-0.4, -0.2) is 37.6 Å². The van der Waals surface area contributed by atoms with E-state index in [1.807, 2.05) is 24.3 Å². The fourth-order valence-corrected chi connectivity index (χ4v) is 5.22. The molecule has 1 heterocycles. The molecule has 4 rings (SSSR count). The molecule has 1 aliphatic rings. The highest BCUT2D eigenvalue weighted by molar-refractivity contribution is 7.89. The zero-order valence-electron chi connectivity index (χ0n) is 17.0. The van der Waals surface area contributed by atoms with Crippen molar-refractivity contribution in [2.45, 2.75) is 17.9 Å². The maximum absolute atomic E-state index is 13.2. The molecule has 8 heteroatoms. The molecule has 0 fully saturated rings. The smallest absolute Gasteiger partial charge is 0.338 e. The van der Waals surface area contributed by atoms with E-state index in [2.05, 4.69) is 0 Å². The molecule has 0 atom stereocenters. The molecule has 32 heavy (non-hydrogen) atoms. The van der Waals surface area contributed by atoms with Gasteiger partial charge in [-0.25, -0.2) is 13.2 Å². The summed E-state index contributed by atoms with van der Waals surface area (Å²) in [5.74, 6) is -1.18. The molecule has 0 bridgehead atoms. The van der Waals surface area contributed by atoms with Crippen molar-refractivity contribution < 1.29 is 22.7 Å². The first-order valence-corrected chi connectivity index (χ1v) is 11.8. The lowest BCUT2D eigenvalue weighted by Crippen LogP contribution is -2.36. The van der Waals surface area contributed by atoms with Gasteiger partial charge in [-0.3, -0.25) is 4.79 Å². The van der Waals surface area contributed by atoms with Gasteiger partial charge in [-0.15, -0.1) is 0 Å². The number of rotatable bonds is 6. The van der Waals surface area contributed by atoms with Gasteiger partial charge in [0, 0.05) is 23.7 Å². The van der Waals surface area contributed by atoms with E-state index in [4.69, 9.17) is 16.3 Å². The number of ketones is 1. The summed E-state index contributed by atoms with van der Waals surface area (Å²) >= 11 is 5.88. The molecule has 3 aromatic rings. The van der Waals surface area contributed by atoms with Gasteiger partial charge in [-0.1, -0.05) is 54.1 Å². The lowest BCUT2D eigenvalue weighted by molar-refractivity contribution is 0.0474. The summed E-state index contributed by atoms with van der Waals surface area (Å²) in [6.45, 7) is 0.169. The molecule has 0 amide bonds. The molecule has 0 aromatic heterocycles. The quantitative estimate of drug-likeness (QED) is 0.400. The van der Waals surface area contributed by atoms with Crippen LogP contribution in [0.5, 0.6) is 0 Å². The van der Waals surface area contributed by atoms with Crippen LogP contribution in [0.25, 0.3) is 0 Å². The van der Waals surface area contributed by atoms with Gasteiger partial charge >= 0.3 is 5.97 Å².